The lowest BCUT2D eigenvalue weighted by Gasteiger charge is -2.19. The minimum atomic E-state index is -0.263. The molecule has 0 radical (unpaired) electrons. The standard InChI is InChI=1S/C20H22ClN3O2/c1-13(2)18(11-25)23-20(26)15-5-8-19-17(9-15)22-12-24(19)10-14-3-6-16(21)7-4-14/h3-9,12-13,18,25H,10-11H2,1-2H3,(H,23,26)/t18-/m1/s1. The molecule has 0 spiro atoms. The first-order chi connectivity index (χ1) is 12.5. The highest BCUT2D eigenvalue weighted by atomic mass is 35.5. The van der Waals surface area contributed by atoms with Gasteiger partial charge in [-0.3, -0.25) is 4.79 Å². The number of aliphatic hydroxyl groups is 1. The summed E-state index contributed by atoms with van der Waals surface area (Å²) < 4.78 is 2.03. The van der Waals surface area contributed by atoms with E-state index in [0.717, 1.165) is 16.6 Å². The Kier molecular flexibility index (Phi) is 5.59. The monoisotopic (exact) mass is 371 g/mol. The van der Waals surface area contributed by atoms with E-state index in [0.29, 0.717) is 17.1 Å². The predicted molar refractivity (Wildman–Crippen MR) is 103 cm³/mol. The molecule has 3 aromatic rings. The van der Waals surface area contributed by atoms with Crippen molar-refractivity contribution in [1.82, 2.24) is 14.9 Å². The molecule has 1 amide bonds. The third kappa shape index (κ3) is 4.06. The van der Waals surface area contributed by atoms with Gasteiger partial charge in [0.15, 0.2) is 0 Å². The number of carbonyl (C=O) groups excluding carboxylic acids is 1. The molecule has 0 unspecified atom stereocenters. The van der Waals surface area contributed by atoms with Crippen molar-refractivity contribution in [2.75, 3.05) is 6.61 Å². The number of nitrogens with one attached hydrogen (secondary N) is 1. The molecule has 0 aliphatic heterocycles. The highest BCUT2D eigenvalue weighted by Crippen LogP contribution is 2.18. The quantitative estimate of drug-likeness (QED) is 0.697. The van der Waals surface area contributed by atoms with Crippen molar-refractivity contribution in [3.05, 3.63) is 64.9 Å². The lowest BCUT2D eigenvalue weighted by Crippen LogP contribution is -2.41. The van der Waals surface area contributed by atoms with Crippen LogP contribution in [-0.2, 0) is 6.54 Å². The Bertz CT molecular complexity index is 903. The lowest BCUT2D eigenvalue weighted by atomic mass is 10.0. The fraction of sp³-hybridized carbons (Fsp3) is 0.300. The summed E-state index contributed by atoms with van der Waals surface area (Å²) in [5, 5.41) is 13.0. The van der Waals surface area contributed by atoms with E-state index in [1.807, 2.05) is 48.7 Å². The summed E-state index contributed by atoms with van der Waals surface area (Å²) in [6.07, 6.45) is 1.77. The van der Waals surface area contributed by atoms with Crippen LogP contribution >= 0.6 is 11.6 Å². The number of halogens is 1. The molecule has 1 heterocycles. The van der Waals surface area contributed by atoms with Gasteiger partial charge in [0.25, 0.3) is 5.91 Å². The number of benzene rings is 2. The molecule has 3 rings (SSSR count). The van der Waals surface area contributed by atoms with Gasteiger partial charge in [0.05, 0.1) is 30.0 Å². The second-order valence-electron chi connectivity index (χ2n) is 6.71. The summed E-state index contributed by atoms with van der Waals surface area (Å²) in [7, 11) is 0. The highest BCUT2D eigenvalue weighted by Gasteiger charge is 2.17. The van der Waals surface area contributed by atoms with Crippen molar-refractivity contribution in [2.45, 2.75) is 26.4 Å². The molecule has 0 aliphatic rings. The van der Waals surface area contributed by atoms with Crippen LogP contribution in [0.15, 0.2) is 48.8 Å². The number of rotatable bonds is 6. The first-order valence-corrected chi connectivity index (χ1v) is 8.97. The average Bonchev–Trinajstić information content (AvgIpc) is 3.03. The van der Waals surface area contributed by atoms with E-state index in [1.165, 1.54) is 0 Å². The van der Waals surface area contributed by atoms with Crippen LogP contribution in [0.25, 0.3) is 11.0 Å². The van der Waals surface area contributed by atoms with E-state index >= 15 is 0 Å². The second kappa shape index (κ2) is 7.89. The zero-order chi connectivity index (χ0) is 18.7. The van der Waals surface area contributed by atoms with Gasteiger partial charge in [-0.05, 0) is 41.8 Å². The summed E-state index contributed by atoms with van der Waals surface area (Å²) >= 11 is 5.93. The number of hydrogen-bond donors (Lipinski definition) is 2. The van der Waals surface area contributed by atoms with E-state index in [1.54, 1.807) is 18.5 Å². The van der Waals surface area contributed by atoms with Crippen molar-refractivity contribution in [2.24, 2.45) is 5.92 Å². The number of carbonyl (C=O) groups is 1. The molecule has 0 fully saturated rings. The maximum absolute atomic E-state index is 12.4. The largest absolute Gasteiger partial charge is 0.394 e. The summed E-state index contributed by atoms with van der Waals surface area (Å²) in [6, 6.07) is 12.9. The Balaban J connectivity index is 1.80. The smallest absolute Gasteiger partial charge is 0.251 e. The SMILES string of the molecule is CC(C)[C@@H](CO)NC(=O)c1ccc2c(c1)ncn2Cc1ccc(Cl)cc1. The molecular weight excluding hydrogens is 350 g/mol. The molecule has 0 saturated carbocycles. The van der Waals surface area contributed by atoms with Crippen LogP contribution in [0.1, 0.15) is 29.8 Å². The van der Waals surface area contributed by atoms with Gasteiger partial charge in [0, 0.05) is 17.1 Å². The molecule has 2 N–H and O–H groups in total. The molecule has 5 nitrogen and oxygen atoms in total. The summed E-state index contributed by atoms with van der Waals surface area (Å²) in [6.45, 7) is 4.52. The van der Waals surface area contributed by atoms with Crippen LogP contribution < -0.4 is 5.32 Å². The van der Waals surface area contributed by atoms with E-state index in [2.05, 4.69) is 10.3 Å². The zero-order valence-corrected chi connectivity index (χ0v) is 15.6. The topological polar surface area (TPSA) is 67.2 Å². The van der Waals surface area contributed by atoms with Crippen LogP contribution in [-0.4, -0.2) is 33.2 Å². The molecule has 2 aromatic carbocycles. The number of hydrogen-bond acceptors (Lipinski definition) is 3. The van der Waals surface area contributed by atoms with Crippen LogP contribution in [0.2, 0.25) is 5.02 Å². The van der Waals surface area contributed by atoms with E-state index in [9.17, 15) is 9.90 Å². The molecule has 1 aromatic heterocycles. The zero-order valence-electron chi connectivity index (χ0n) is 14.8. The van der Waals surface area contributed by atoms with Crippen LogP contribution in [0.4, 0.5) is 0 Å². The van der Waals surface area contributed by atoms with Crippen molar-refractivity contribution in [3.63, 3.8) is 0 Å². The summed E-state index contributed by atoms with van der Waals surface area (Å²) in [5.41, 5.74) is 3.38. The van der Waals surface area contributed by atoms with E-state index in [-0.39, 0.29) is 24.5 Å². The van der Waals surface area contributed by atoms with Gasteiger partial charge in [-0.15, -0.1) is 0 Å². The maximum Gasteiger partial charge on any atom is 0.251 e. The molecule has 0 saturated heterocycles. The Labute approximate surface area is 157 Å². The van der Waals surface area contributed by atoms with E-state index in [4.69, 9.17) is 11.6 Å². The van der Waals surface area contributed by atoms with Gasteiger partial charge < -0.3 is 15.0 Å². The number of imidazole rings is 1. The third-order valence-corrected chi connectivity index (χ3v) is 4.72. The molecule has 26 heavy (non-hydrogen) atoms. The molecular formula is C20H22ClN3O2. The maximum atomic E-state index is 12.4. The first kappa shape index (κ1) is 18.4. The van der Waals surface area contributed by atoms with Crippen molar-refractivity contribution >= 4 is 28.5 Å². The number of nitrogens with zero attached hydrogens (tertiary/aromatic N) is 2. The van der Waals surface area contributed by atoms with Gasteiger partial charge in [-0.1, -0.05) is 37.6 Å². The minimum absolute atomic E-state index is 0.0820. The molecule has 6 heteroatoms. The Morgan fingerprint density at radius 2 is 1.96 bits per heavy atom. The van der Waals surface area contributed by atoms with Gasteiger partial charge >= 0.3 is 0 Å². The van der Waals surface area contributed by atoms with Gasteiger partial charge in [-0.2, -0.15) is 0 Å². The van der Waals surface area contributed by atoms with Crippen LogP contribution in [0.5, 0.6) is 0 Å². The second-order valence-corrected chi connectivity index (χ2v) is 7.15. The predicted octanol–water partition coefficient (Wildman–Crippen LogP) is 3.48. The Morgan fingerprint density at radius 1 is 1.23 bits per heavy atom. The molecule has 0 aliphatic carbocycles. The third-order valence-electron chi connectivity index (χ3n) is 4.47. The highest BCUT2D eigenvalue weighted by molar-refractivity contribution is 6.30. The van der Waals surface area contributed by atoms with Crippen LogP contribution in [0.3, 0.4) is 0 Å². The molecule has 136 valence electrons. The lowest BCUT2D eigenvalue weighted by molar-refractivity contribution is 0.0897. The van der Waals surface area contributed by atoms with E-state index < -0.39 is 0 Å². The van der Waals surface area contributed by atoms with Crippen molar-refractivity contribution < 1.29 is 9.90 Å². The summed E-state index contributed by atoms with van der Waals surface area (Å²) in [5.74, 6) is -0.0434. The first-order valence-electron chi connectivity index (χ1n) is 8.59. The van der Waals surface area contributed by atoms with Crippen LogP contribution in [0, 0.1) is 5.92 Å². The normalized spacial score (nSPS) is 12.5. The van der Waals surface area contributed by atoms with Gasteiger partial charge in [0.1, 0.15) is 0 Å². The molecule has 1 atom stereocenters. The van der Waals surface area contributed by atoms with Crippen molar-refractivity contribution in [3.8, 4) is 0 Å². The number of aliphatic hydroxyl groups excluding tert-OH is 1. The summed E-state index contributed by atoms with van der Waals surface area (Å²) in [4.78, 5) is 16.8. The van der Waals surface area contributed by atoms with Crippen molar-refractivity contribution in [1.29, 1.82) is 0 Å². The Morgan fingerprint density at radius 3 is 2.62 bits per heavy atom. The number of aromatic nitrogens is 2. The molecule has 0 bridgehead atoms. The van der Waals surface area contributed by atoms with Gasteiger partial charge in [-0.25, -0.2) is 4.98 Å². The Hall–Kier alpha value is -2.37. The number of amides is 1. The average molecular weight is 372 g/mol. The number of fused-ring (bicyclic) bond motifs is 1. The van der Waals surface area contributed by atoms with Gasteiger partial charge in [0.2, 0.25) is 0 Å². The fourth-order valence-electron chi connectivity index (χ4n) is 2.79. The fourth-order valence-corrected chi connectivity index (χ4v) is 2.92. The minimum Gasteiger partial charge on any atom is -0.394 e.